The average molecular weight is 370 g/mol. The highest BCUT2D eigenvalue weighted by molar-refractivity contribution is 7.19. The summed E-state index contributed by atoms with van der Waals surface area (Å²) in [4.78, 5) is 16.2. The zero-order valence-corrected chi connectivity index (χ0v) is 15.6. The molecule has 136 valence electrons. The third kappa shape index (κ3) is 3.42. The fourth-order valence-corrected chi connectivity index (χ4v) is 4.64. The number of aryl methyl sites for hydroxylation is 2. The number of thiophene rings is 1. The molecular formula is C19H22N4O2S. The molecular weight excluding hydrogens is 348 g/mol. The minimum absolute atomic E-state index is 0.343. The Morgan fingerprint density at radius 3 is 3.08 bits per heavy atom. The lowest BCUT2D eigenvalue weighted by Gasteiger charge is -2.12. The van der Waals surface area contributed by atoms with E-state index < -0.39 is 6.10 Å². The summed E-state index contributed by atoms with van der Waals surface area (Å²) in [6, 6.07) is 3.87. The van der Waals surface area contributed by atoms with Gasteiger partial charge >= 0.3 is 0 Å². The van der Waals surface area contributed by atoms with E-state index in [0.717, 1.165) is 34.4 Å². The Kier molecular flexibility index (Phi) is 5.10. The molecule has 0 aliphatic heterocycles. The number of aliphatic hydroxyl groups excluding tert-OH is 1. The highest BCUT2D eigenvalue weighted by Gasteiger charge is 2.22. The Morgan fingerprint density at radius 1 is 1.35 bits per heavy atom. The molecule has 3 aromatic rings. The molecule has 0 fully saturated rings. The molecule has 1 atom stereocenters. The lowest BCUT2D eigenvalue weighted by Crippen LogP contribution is -2.18. The topological polar surface area (TPSA) is 80.2 Å². The van der Waals surface area contributed by atoms with E-state index in [1.807, 2.05) is 12.1 Å². The van der Waals surface area contributed by atoms with E-state index in [0.29, 0.717) is 25.4 Å². The summed E-state index contributed by atoms with van der Waals surface area (Å²) in [5.41, 5.74) is 2.30. The smallest absolute Gasteiger partial charge is 0.164 e. The summed E-state index contributed by atoms with van der Waals surface area (Å²) >= 11 is 1.78. The number of aliphatic hydroxyl groups is 1. The quantitative estimate of drug-likeness (QED) is 0.665. The van der Waals surface area contributed by atoms with E-state index in [4.69, 9.17) is 14.7 Å². The molecule has 0 amide bonds. The molecule has 1 aliphatic rings. The Labute approximate surface area is 156 Å². The second-order valence-corrected chi connectivity index (χ2v) is 7.58. The minimum atomic E-state index is -0.476. The minimum Gasteiger partial charge on any atom is -0.391 e. The SMILES string of the molecule is COCC(O)CCNc1nc(-c2cccnc2)nc2sc3c(c12)CCC3. The summed E-state index contributed by atoms with van der Waals surface area (Å²) in [5.74, 6) is 1.54. The first-order chi connectivity index (χ1) is 12.8. The Bertz CT molecular complexity index is 897. The van der Waals surface area contributed by atoms with Crippen LogP contribution in [0.25, 0.3) is 21.6 Å². The fourth-order valence-electron chi connectivity index (χ4n) is 3.38. The molecule has 0 saturated carbocycles. The number of methoxy groups -OCH3 is 1. The summed E-state index contributed by atoms with van der Waals surface area (Å²) in [5, 5.41) is 14.5. The number of fused-ring (bicyclic) bond motifs is 3. The van der Waals surface area contributed by atoms with Gasteiger partial charge in [-0.3, -0.25) is 4.98 Å². The molecule has 3 aromatic heterocycles. The number of ether oxygens (including phenoxy) is 1. The monoisotopic (exact) mass is 370 g/mol. The van der Waals surface area contributed by atoms with Gasteiger partial charge in [0.1, 0.15) is 10.6 Å². The summed E-state index contributed by atoms with van der Waals surface area (Å²) in [7, 11) is 1.60. The predicted molar refractivity (Wildman–Crippen MR) is 104 cm³/mol. The molecule has 0 saturated heterocycles. The van der Waals surface area contributed by atoms with Crippen LogP contribution in [0.4, 0.5) is 5.82 Å². The first-order valence-electron chi connectivity index (χ1n) is 8.90. The van der Waals surface area contributed by atoms with E-state index in [9.17, 15) is 5.11 Å². The van der Waals surface area contributed by atoms with Crippen molar-refractivity contribution in [2.75, 3.05) is 25.6 Å². The number of anilines is 1. The number of rotatable bonds is 7. The molecule has 7 heteroatoms. The van der Waals surface area contributed by atoms with E-state index in [2.05, 4.69) is 10.3 Å². The zero-order chi connectivity index (χ0) is 17.9. The molecule has 3 heterocycles. The number of nitrogens with zero attached hydrogens (tertiary/aromatic N) is 3. The molecule has 1 aliphatic carbocycles. The summed E-state index contributed by atoms with van der Waals surface area (Å²) in [6.45, 7) is 0.976. The Hall–Kier alpha value is -2.09. The highest BCUT2D eigenvalue weighted by atomic mass is 32.1. The van der Waals surface area contributed by atoms with Crippen LogP contribution in [0, 0.1) is 0 Å². The number of aromatic nitrogens is 3. The van der Waals surface area contributed by atoms with Crippen molar-refractivity contribution in [1.82, 2.24) is 15.0 Å². The molecule has 1 unspecified atom stereocenters. The van der Waals surface area contributed by atoms with Crippen molar-refractivity contribution >= 4 is 27.4 Å². The van der Waals surface area contributed by atoms with E-state index in [1.54, 1.807) is 30.8 Å². The molecule has 0 spiro atoms. The Balaban J connectivity index is 1.68. The lowest BCUT2D eigenvalue weighted by molar-refractivity contribution is 0.0615. The van der Waals surface area contributed by atoms with Crippen LogP contribution in [-0.2, 0) is 17.6 Å². The van der Waals surface area contributed by atoms with Crippen LogP contribution in [0.3, 0.4) is 0 Å². The van der Waals surface area contributed by atoms with Crippen LogP contribution in [0.5, 0.6) is 0 Å². The molecule has 0 bridgehead atoms. The third-order valence-corrected chi connectivity index (χ3v) is 5.80. The molecule has 2 N–H and O–H groups in total. The van der Waals surface area contributed by atoms with Gasteiger partial charge in [0.05, 0.1) is 18.1 Å². The van der Waals surface area contributed by atoms with Gasteiger partial charge in [-0.05, 0) is 43.4 Å². The van der Waals surface area contributed by atoms with Crippen LogP contribution in [-0.4, -0.2) is 46.4 Å². The first kappa shape index (κ1) is 17.3. The second-order valence-electron chi connectivity index (χ2n) is 6.50. The van der Waals surface area contributed by atoms with Gasteiger partial charge in [0.25, 0.3) is 0 Å². The molecule has 4 rings (SSSR count). The van der Waals surface area contributed by atoms with E-state index >= 15 is 0 Å². The van der Waals surface area contributed by atoms with Crippen LogP contribution in [0.1, 0.15) is 23.3 Å². The number of hydrogen-bond acceptors (Lipinski definition) is 7. The van der Waals surface area contributed by atoms with Crippen LogP contribution < -0.4 is 5.32 Å². The second kappa shape index (κ2) is 7.65. The molecule has 6 nitrogen and oxygen atoms in total. The average Bonchev–Trinajstić information content (AvgIpc) is 3.23. The van der Waals surface area contributed by atoms with E-state index in [1.165, 1.54) is 16.9 Å². The first-order valence-corrected chi connectivity index (χ1v) is 9.71. The third-order valence-electron chi connectivity index (χ3n) is 4.61. The number of nitrogens with one attached hydrogen (secondary N) is 1. The van der Waals surface area contributed by atoms with Crippen molar-refractivity contribution in [3.8, 4) is 11.4 Å². The van der Waals surface area contributed by atoms with Crippen LogP contribution in [0.15, 0.2) is 24.5 Å². The van der Waals surface area contributed by atoms with Crippen molar-refractivity contribution in [3.63, 3.8) is 0 Å². The van der Waals surface area contributed by atoms with Crippen molar-refractivity contribution in [2.45, 2.75) is 31.8 Å². The van der Waals surface area contributed by atoms with Crippen LogP contribution >= 0.6 is 11.3 Å². The molecule has 0 radical (unpaired) electrons. The maximum atomic E-state index is 9.88. The largest absolute Gasteiger partial charge is 0.391 e. The van der Waals surface area contributed by atoms with Gasteiger partial charge in [-0.2, -0.15) is 0 Å². The van der Waals surface area contributed by atoms with Gasteiger partial charge in [-0.1, -0.05) is 0 Å². The number of pyridine rings is 1. The van der Waals surface area contributed by atoms with Gasteiger partial charge < -0.3 is 15.2 Å². The van der Waals surface area contributed by atoms with Gasteiger partial charge in [-0.15, -0.1) is 11.3 Å². The lowest BCUT2D eigenvalue weighted by atomic mass is 10.1. The maximum Gasteiger partial charge on any atom is 0.164 e. The van der Waals surface area contributed by atoms with Crippen molar-refractivity contribution in [1.29, 1.82) is 0 Å². The fraction of sp³-hybridized carbons (Fsp3) is 0.421. The van der Waals surface area contributed by atoms with Gasteiger partial charge in [0, 0.05) is 36.5 Å². The standard InChI is InChI=1S/C19H22N4O2S/c1-25-11-13(24)7-9-21-18-16-14-5-2-6-15(14)26-19(16)23-17(22-18)12-4-3-8-20-10-12/h3-4,8,10,13,24H,2,5-7,9,11H2,1H3,(H,21,22,23). The predicted octanol–water partition coefficient (Wildman–Crippen LogP) is 3.05. The number of hydrogen-bond donors (Lipinski definition) is 2. The van der Waals surface area contributed by atoms with Crippen LogP contribution in [0.2, 0.25) is 0 Å². The molecule has 26 heavy (non-hydrogen) atoms. The summed E-state index contributed by atoms with van der Waals surface area (Å²) in [6.07, 6.45) is 7.08. The van der Waals surface area contributed by atoms with Gasteiger partial charge in [0.2, 0.25) is 0 Å². The van der Waals surface area contributed by atoms with Crippen molar-refractivity contribution in [3.05, 3.63) is 35.0 Å². The highest BCUT2D eigenvalue weighted by Crippen LogP contribution is 2.40. The zero-order valence-electron chi connectivity index (χ0n) is 14.7. The van der Waals surface area contributed by atoms with Crippen molar-refractivity contribution in [2.24, 2.45) is 0 Å². The maximum absolute atomic E-state index is 9.88. The normalized spacial score (nSPS) is 14.5. The van der Waals surface area contributed by atoms with Gasteiger partial charge in [-0.25, -0.2) is 9.97 Å². The van der Waals surface area contributed by atoms with Gasteiger partial charge in [0.15, 0.2) is 5.82 Å². The van der Waals surface area contributed by atoms with Crippen molar-refractivity contribution < 1.29 is 9.84 Å². The summed E-state index contributed by atoms with van der Waals surface area (Å²) < 4.78 is 4.99. The van der Waals surface area contributed by atoms with E-state index in [-0.39, 0.29) is 0 Å². The molecule has 0 aromatic carbocycles. The Morgan fingerprint density at radius 2 is 2.27 bits per heavy atom.